The van der Waals surface area contributed by atoms with Gasteiger partial charge in [0.05, 0.1) is 11.6 Å². The SMILES string of the molecule is O=P(O)(O)C=C=CP(=O)(O)O. The summed E-state index contributed by atoms with van der Waals surface area (Å²) in [4.78, 5) is 32.5. The van der Waals surface area contributed by atoms with Gasteiger partial charge in [0.25, 0.3) is 0 Å². The minimum Gasteiger partial charge on any atom is -0.321 e. The van der Waals surface area contributed by atoms with Crippen molar-refractivity contribution >= 4 is 15.2 Å². The third kappa shape index (κ3) is 9.82. The van der Waals surface area contributed by atoms with Gasteiger partial charge in [0.1, 0.15) is 0 Å². The molecule has 0 aliphatic rings. The van der Waals surface area contributed by atoms with Gasteiger partial charge in [-0.05, 0) is 0 Å². The lowest BCUT2D eigenvalue weighted by atomic mass is 11.0. The van der Waals surface area contributed by atoms with Crippen molar-refractivity contribution < 1.29 is 28.7 Å². The van der Waals surface area contributed by atoms with E-state index in [1.165, 1.54) is 0 Å². The van der Waals surface area contributed by atoms with Gasteiger partial charge in [0, 0.05) is 0 Å². The van der Waals surface area contributed by atoms with Crippen LogP contribution in [-0.2, 0) is 9.13 Å². The summed E-state index contributed by atoms with van der Waals surface area (Å²) >= 11 is 0. The molecule has 0 saturated carbocycles. The lowest BCUT2D eigenvalue weighted by Gasteiger charge is -1.91. The van der Waals surface area contributed by atoms with Crippen LogP contribution in [0.4, 0.5) is 0 Å². The first-order valence-corrected chi connectivity index (χ1v) is 5.62. The Morgan fingerprint density at radius 1 is 0.909 bits per heavy atom. The van der Waals surface area contributed by atoms with Crippen molar-refractivity contribution in [1.82, 2.24) is 0 Å². The van der Waals surface area contributed by atoms with E-state index in [9.17, 15) is 9.13 Å². The van der Waals surface area contributed by atoms with Gasteiger partial charge in [0.2, 0.25) is 0 Å². The average molecular weight is 200 g/mol. The predicted octanol–water partition coefficient (Wildman–Crippen LogP) is -0.0319. The molecule has 0 amide bonds. The fourth-order valence-corrected chi connectivity index (χ4v) is 0.883. The average Bonchev–Trinajstić information content (AvgIpc) is 1.55. The van der Waals surface area contributed by atoms with E-state index >= 15 is 0 Å². The topological polar surface area (TPSA) is 115 Å². The Kier molecular flexibility index (Phi) is 3.42. The van der Waals surface area contributed by atoms with E-state index in [2.05, 4.69) is 0 Å². The minimum atomic E-state index is -4.36. The van der Waals surface area contributed by atoms with E-state index in [1.807, 2.05) is 0 Å². The molecule has 64 valence electrons. The van der Waals surface area contributed by atoms with Gasteiger partial charge in [-0.2, -0.15) is 0 Å². The molecule has 0 rings (SSSR count). The minimum absolute atomic E-state index is 0.284. The fourth-order valence-electron chi connectivity index (χ4n) is 0.228. The van der Waals surface area contributed by atoms with Gasteiger partial charge in [-0.15, -0.1) is 5.73 Å². The third-order valence-electron chi connectivity index (χ3n) is 0.485. The quantitative estimate of drug-likeness (QED) is 0.367. The van der Waals surface area contributed by atoms with Crippen LogP contribution in [0.5, 0.6) is 0 Å². The molecule has 0 saturated heterocycles. The monoisotopic (exact) mass is 200 g/mol. The first kappa shape index (κ1) is 10.8. The van der Waals surface area contributed by atoms with E-state index < -0.39 is 15.2 Å². The van der Waals surface area contributed by atoms with Crippen LogP contribution in [0.3, 0.4) is 0 Å². The van der Waals surface area contributed by atoms with Crippen LogP contribution < -0.4 is 0 Å². The maximum Gasteiger partial charge on any atom is 0.356 e. The standard InChI is InChI=1S/C3H6O6P2/c4-10(5,6)2-1-3-11(7,8)9/h2-3H,(H2,4,5,6)(H2,7,8,9). The second-order valence-electron chi connectivity index (χ2n) is 1.60. The van der Waals surface area contributed by atoms with Crippen LogP contribution in [0.2, 0.25) is 0 Å². The smallest absolute Gasteiger partial charge is 0.321 e. The van der Waals surface area contributed by atoms with Crippen molar-refractivity contribution in [3.05, 3.63) is 17.4 Å². The first-order valence-electron chi connectivity index (χ1n) is 2.26. The maximum atomic E-state index is 10.0. The zero-order valence-electron chi connectivity index (χ0n) is 5.15. The van der Waals surface area contributed by atoms with E-state index in [0.717, 1.165) is 0 Å². The molecule has 0 aromatic rings. The van der Waals surface area contributed by atoms with Crippen molar-refractivity contribution in [2.24, 2.45) is 0 Å². The Balaban J connectivity index is 4.51. The highest BCUT2D eigenvalue weighted by atomic mass is 31.2. The molecule has 8 heteroatoms. The molecule has 0 aromatic heterocycles. The highest BCUT2D eigenvalue weighted by Gasteiger charge is 2.07. The van der Waals surface area contributed by atoms with Crippen LogP contribution in [-0.4, -0.2) is 19.6 Å². The van der Waals surface area contributed by atoms with Gasteiger partial charge < -0.3 is 19.6 Å². The summed E-state index contributed by atoms with van der Waals surface area (Å²) in [5.41, 5.74) is 1.69. The molecule has 0 fully saturated rings. The van der Waals surface area contributed by atoms with Crippen LogP contribution in [0.15, 0.2) is 17.4 Å². The summed E-state index contributed by atoms with van der Waals surface area (Å²) in [6.45, 7) is 0. The summed E-state index contributed by atoms with van der Waals surface area (Å²) in [5, 5.41) is 0. The molecular formula is C3H6O6P2. The molecule has 0 aliphatic heterocycles. The Bertz CT molecular complexity index is 248. The number of rotatable bonds is 2. The molecule has 0 spiro atoms. The molecule has 0 aliphatic carbocycles. The molecule has 6 nitrogen and oxygen atoms in total. The Labute approximate surface area is 62.2 Å². The van der Waals surface area contributed by atoms with Crippen molar-refractivity contribution in [3.63, 3.8) is 0 Å². The van der Waals surface area contributed by atoms with Crippen molar-refractivity contribution in [1.29, 1.82) is 0 Å². The molecule has 0 radical (unpaired) electrons. The van der Waals surface area contributed by atoms with Crippen molar-refractivity contribution in [2.45, 2.75) is 0 Å². The zero-order valence-corrected chi connectivity index (χ0v) is 6.94. The lowest BCUT2D eigenvalue weighted by Crippen LogP contribution is -1.68. The summed E-state index contributed by atoms with van der Waals surface area (Å²) in [6, 6.07) is 0. The van der Waals surface area contributed by atoms with Crippen LogP contribution in [0.25, 0.3) is 0 Å². The van der Waals surface area contributed by atoms with Gasteiger partial charge in [0.15, 0.2) is 0 Å². The van der Waals surface area contributed by atoms with E-state index in [1.54, 1.807) is 5.73 Å². The summed E-state index contributed by atoms with van der Waals surface area (Å²) < 4.78 is 20.0. The molecule has 0 unspecified atom stereocenters. The van der Waals surface area contributed by atoms with E-state index in [0.29, 0.717) is 0 Å². The van der Waals surface area contributed by atoms with Gasteiger partial charge in [-0.25, -0.2) is 0 Å². The number of hydrogen-bond acceptors (Lipinski definition) is 2. The van der Waals surface area contributed by atoms with Crippen LogP contribution in [0, 0.1) is 0 Å². The first-order chi connectivity index (χ1) is 4.71. The van der Waals surface area contributed by atoms with E-state index in [4.69, 9.17) is 19.6 Å². The van der Waals surface area contributed by atoms with Gasteiger partial charge in [-0.3, -0.25) is 9.13 Å². The second-order valence-corrected chi connectivity index (χ2v) is 4.48. The summed E-state index contributed by atoms with van der Waals surface area (Å²) in [7, 11) is -8.72. The summed E-state index contributed by atoms with van der Waals surface area (Å²) in [6.07, 6.45) is 0. The van der Waals surface area contributed by atoms with Gasteiger partial charge >= 0.3 is 15.2 Å². The molecular weight excluding hydrogens is 194 g/mol. The maximum absolute atomic E-state index is 10.0. The largest absolute Gasteiger partial charge is 0.356 e. The highest BCUT2D eigenvalue weighted by Crippen LogP contribution is 2.38. The second kappa shape index (κ2) is 3.48. The lowest BCUT2D eigenvalue weighted by molar-refractivity contribution is 0.385. The van der Waals surface area contributed by atoms with Crippen molar-refractivity contribution in [2.75, 3.05) is 0 Å². The fraction of sp³-hybridized carbons (Fsp3) is 0. The van der Waals surface area contributed by atoms with E-state index in [-0.39, 0.29) is 11.6 Å². The number of hydrogen-bond donors (Lipinski definition) is 4. The molecule has 4 N–H and O–H groups in total. The van der Waals surface area contributed by atoms with Gasteiger partial charge in [-0.1, -0.05) is 0 Å². The molecule has 0 heterocycles. The highest BCUT2D eigenvalue weighted by molar-refractivity contribution is 7.56. The molecule has 0 atom stereocenters. The third-order valence-corrected chi connectivity index (χ3v) is 1.46. The van der Waals surface area contributed by atoms with Crippen LogP contribution >= 0.6 is 15.2 Å². The van der Waals surface area contributed by atoms with Crippen LogP contribution in [0.1, 0.15) is 0 Å². The van der Waals surface area contributed by atoms with Crippen molar-refractivity contribution in [3.8, 4) is 0 Å². The zero-order chi connectivity index (χ0) is 9.12. The molecule has 11 heavy (non-hydrogen) atoms. The molecule has 0 bridgehead atoms. The Hall–Kier alpha value is -0.180. The Morgan fingerprint density at radius 2 is 1.18 bits per heavy atom. The Morgan fingerprint density at radius 3 is 1.36 bits per heavy atom. The predicted molar refractivity (Wildman–Crippen MR) is 36.7 cm³/mol. The summed E-state index contributed by atoms with van der Waals surface area (Å²) in [5.74, 6) is 0.568. The molecule has 0 aromatic carbocycles. The normalized spacial score (nSPS) is 12.0.